The molecule has 9 aromatic carbocycles. The van der Waals surface area contributed by atoms with E-state index in [1.807, 2.05) is 17.4 Å². The van der Waals surface area contributed by atoms with Gasteiger partial charge in [0.15, 0.2) is 0 Å². The first kappa shape index (κ1) is 27.4. The quantitative estimate of drug-likeness (QED) is 0.172. The molecule has 0 aliphatic heterocycles. The molecule has 51 heavy (non-hydrogen) atoms. The molecule has 0 aliphatic carbocycles. The summed E-state index contributed by atoms with van der Waals surface area (Å²) >= 11 is 1.86. The van der Waals surface area contributed by atoms with Crippen LogP contribution in [0.3, 0.4) is 0 Å². The van der Waals surface area contributed by atoms with Crippen LogP contribution >= 0.6 is 11.3 Å². The molecular formula is C48H26O2S. The molecule has 0 fully saturated rings. The fraction of sp³-hybridized carbons (Fsp3) is 0. The van der Waals surface area contributed by atoms with Gasteiger partial charge in [0.05, 0.1) is 5.39 Å². The number of para-hydroxylation sites is 1. The van der Waals surface area contributed by atoms with Crippen LogP contribution in [0.1, 0.15) is 0 Å². The Balaban J connectivity index is 1.25. The maximum Gasteiger partial charge on any atom is 0.147 e. The van der Waals surface area contributed by atoms with Gasteiger partial charge in [-0.25, -0.2) is 0 Å². The molecule has 3 aromatic heterocycles. The van der Waals surface area contributed by atoms with Crippen LogP contribution in [0.25, 0.3) is 119 Å². The summed E-state index contributed by atoms with van der Waals surface area (Å²) in [5.41, 5.74) is 8.18. The van der Waals surface area contributed by atoms with E-state index in [1.54, 1.807) is 0 Å². The molecule has 3 heteroatoms. The van der Waals surface area contributed by atoms with Gasteiger partial charge in [-0.15, -0.1) is 11.3 Å². The van der Waals surface area contributed by atoms with Crippen molar-refractivity contribution in [3.63, 3.8) is 0 Å². The van der Waals surface area contributed by atoms with Crippen molar-refractivity contribution in [2.24, 2.45) is 0 Å². The molecule has 0 aliphatic rings. The smallest absolute Gasteiger partial charge is 0.147 e. The van der Waals surface area contributed by atoms with E-state index in [0.717, 1.165) is 54.8 Å². The summed E-state index contributed by atoms with van der Waals surface area (Å²) in [5.74, 6) is 0. The van der Waals surface area contributed by atoms with Crippen LogP contribution in [-0.4, -0.2) is 0 Å². The topological polar surface area (TPSA) is 26.3 Å². The van der Waals surface area contributed by atoms with Gasteiger partial charge in [0.2, 0.25) is 0 Å². The van der Waals surface area contributed by atoms with Crippen molar-refractivity contribution in [3.05, 3.63) is 158 Å². The minimum absolute atomic E-state index is 0.848. The second-order valence-electron chi connectivity index (χ2n) is 13.6. The number of thiophene rings is 1. The predicted octanol–water partition coefficient (Wildman–Crippen LogP) is 14.6. The van der Waals surface area contributed by atoms with Gasteiger partial charge in [0, 0.05) is 47.5 Å². The maximum absolute atomic E-state index is 6.98. The zero-order chi connectivity index (χ0) is 33.2. The summed E-state index contributed by atoms with van der Waals surface area (Å²) < 4.78 is 16.3. The molecule has 12 aromatic rings. The van der Waals surface area contributed by atoms with Crippen molar-refractivity contribution in [2.45, 2.75) is 0 Å². The Hall–Kier alpha value is -6.42. The van der Waals surface area contributed by atoms with Crippen molar-refractivity contribution in [2.75, 3.05) is 0 Å². The van der Waals surface area contributed by atoms with Gasteiger partial charge in [-0.1, -0.05) is 115 Å². The lowest BCUT2D eigenvalue weighted by molar-refractivity contribution is 0.664. The third kappa shape index (κ3) is 3.76. The van der Waals surface area contributed by atoms with Gasteiger partial charge in [-0.2, -0.15) is 0 Å². The van der Waals surface area contributed by atoms with Crippen molar-refractivity contribution >= 4 is 108 Å². The molecule has 12 rings (SSSR count). The second-order valence-corrected chi connectivity index (χ2v) is 14.6. The van der Waals surface area contributed by atoms with Crippen LogP contribution in [0.15, 0.2) is 167 Å². The highest BCUT2D eigenvalue weighted by Gasteiger charge is 2.25. The van der Waals surface area contributed by atoms with Gasteiger partial charge in [-0.05, 0) is 85.9 Å². The fourth-order valence-electron chi connectivity index (χ4n) is 8.60. The normalized spacial score (nSPS) is 12.3. The summed E-state index contributed by atoms with van der Waals surface area (Å²) in [6, 6.07) is 57.1. The van der Waals surface area contributed by atoms with E-state index < -0.39 is 0 Å². The number of rotatable bonds is 2. The lowest BCUT2D eigenvalue weighted by atomic mass is 9.85. The molecule has 0 spiro atoms. The molecular weight excluding hydrogens is 641 g/mol. The van der Waals surface area contributed by atoms with E-state index >= 15 is 0 Å². The molecule has 0 bridgehead atoms. The summed E-state index contributed by atoms with van der Waals surface area (Å²) in [4.78, 5) is 0. The molecule has 0 amide bonds. The Morgan fingerprint density at radius 3 is 1.71 bits per heavy atom. The Morgan fingerprint density at radius 2 is 0.941 bits per heavy atom. The van der Waals surface area contributed by atoms with Crippen molar-refractivity contribution in [3.8, 4) is 22.3 Å². The highest BCUT2D eigenvalue weighted by Crippen LogP contribution is 2.50. The number of hydrogen-bond donors (Lipinski definition) is 0. The van der Waals surface area contributed by atoms with Crippen LogP contribution < -0.4 is 0 Å². The molecule has 0 saturated heterocycles. The van der Waals surface area contributed by atoms with Crippen LogP contribution in [0.4, 0.5) is 0 Å². The SMILES string of the molecule is c1ccc2cc3c(cc2c1)oc1c(-c2c4ccccc4c(-c4ccc5sc6ccccc6c5c4)c4ccccc24)cc2c4ccccc4oc2c13. The molecule has 0 radical (unpaired) electrons. The maximum atomic E-state index is 6.98. The Bertz CT molecular complexity index is 3370. The van der Waals surface area contributed by atoms with E-state index in [0.29, 0.717) is 0 Å². The Labute approximate surface area is 295 Å². The average Bonchev–Trinajstić information content (AvgIpc) is 3.86. The number of fused-ring (bicyclic) bond motifs is 13. The van der Waals surface area contributed by atoms with Crippen molar-refractivity contribution in [1.29, 1.82) is 0 Å². The first-order chi connectivity index (χ1) is 25.3. The molecule has 0 unspecified atom stereocenters. The highest BCUT2D eigenvalue weighted by molar-refractivity contribution is 7.25. The minimum atomic E-state index is 0.848. The minimum Gasteiger partial charge on any atom is -0.455 e. The van der Waals surface area contributed by atoms with E-state index in [9.17, 15) is 0 Å². The largest absolute Gasteiger partial charge is 0.455 e. The van der Waals surface area contributed by atoms with E-state index in [4.69, 9.17) is 8.83 Å². The highest BCUT2D eigenvalue weighted by atomic mass is 32.1. The first-order valence-electron chi connectivity index (χ1n) is 17.3. The van der Waals surface area contributed by atoms with Crippen LogP contribution in [0.5, 0.6) is 0 Å². The molecule has 236 valence electrons. The third-order valence-electron chi connectivity index (χ3n) is 10.8. The molecule has 3 heterocycles. The summed E-state index contributed by atoms with van der Waals surface area (Å²) in [5, 5.41) is 14.1. The molecule has 0 atom stereocenters. The van der Waals surface area contributed by atoms with Crippen LogP contribution in [0.2, 0.25) is 0 Å². The lowest BCUT2D eigenvalue weighted by Crippen LogP contribution is -1.91. The second kappa shape index (κ2) is 10.1. The lowest BCUT2D eigenvalue weighted by Gasteiger charge is -2.18. The van der Waals surface area contributed by atoms with E-state index in [1.165, 1.54) is 63.8 Å². The van der Waals surface area contributed by atoms with E-state index in [2.05, 4.69) is 152 Å². The van der Waals surface area contributed by atoms with Crippen molar-refractivity contribution < 1.29 is 8.83 Å². The Kier molecular flexibility index (Phi) is 5.41. The van der Waals surface area contributed by atoms with Gasteiger partial charge < -0.3 is 8.83 Å². The first-order valence-corrected chi connectivity index (χ1v) is 18.1. The molecule has 0 N–H and O–H groups in total. The van der Waals surface area contributed by atoms with Gasteiger partial charge in [0.1, 0.15) is 22.3 Å². The number of benzene rings is 9. The van der Waals surface area contributed by atoms with Gasteiger partial charge >= 0.3 is 0 Å². The van der Waals surface area contributed by atoms with Gasteiger partial charge in [0.25, 0.3) is 0 Å². The number of furan rings is 2. The zero-order valence-electron chi connectivity index (χ0n) is 27.2. The monoisotopic (exact) mass is 666 g/mol. The van der Waals surface area contributed by atoms with Crippen LogP contribution in [-0.2, 0) is 0 Å². The summed E-state index contributed by atoms with van der Waals surface area (Å²) in [6.07, 6.45) is 0. The standard InChI is InChI=1S/C48H26O2S/c1-2-12-28-25-41-38(23-27(28)11-1)46-47-37(30-13-7-9-19-40(30)49-47)26-39(48(46)50-41)45-34-17-5-3-15-32(34)44(33-16-4-6-18-35(33)45)29-21-22-43-36(24-29)31-14-8-10-20-42(31)51-43/h1-26H. The van der Waals surface area contributed by atoms with Crippen LogP contribution in [0, 0.1) is 0 Å². The summed E-state index contributed by atoms with van der Waals surface area (Å²) in [7, 11) is 0. The third-order valence-corrected chi connectivity index (χ3v) is 12.0. The molecule has 0 saturated carbocycles. The number of hydrogen-bond acceptors (Lipinski definition) is 3. The van der Waals surface area contributed by atoms with E-state index in [-0.39, 0.29) is 0 Å². The van der Waals surface area contributed by atoms with Crippen molar-refractivity contribution in [1.82, 2.24) is 0 Å². The average molecular weight is 667 g/mol. The summed E-state index contributed by atoms with van der Waals surface area (Å²) in [6.45, 7) is 0. The zero-order valence-corrected chi connectivity index (χ0v) is 28.1. The van der Waals surface area contributed by atoms with Gasteiger partial charge in [-0.3, -0.25) is 0 Å². The Morgan fingerprint density at radius 1 is 0.353 bits per heavy atom. The molecule has 2 nitrogen and oxygen atoms in total. The predicted molar refractivity (Wildman–Crippen MR) is 217 cm³/mol. The fourth-order valence-corrected chi connectivity index (χ4v) is 9.69.